The van der Waals surface area contributed by atoms with Crippen LogP contribution in [0.15, 0.2) is 36.0 Å². The zero-order valence-electron chi connectivity index (χ0n) is 8.11. The van der Waals surface area contributed by atoms with Crippen LogP contribution < -0.4 is 5.73 Å². The lowest BCUT2D eigenvalue weighted by atomic mass is 10.1. The number of carbonyl (C=O) groups is 1. The number of hydrogen-bond donors (Lipinski definition) is 2. The van der Waals surface area contributed by atoms with E-state index in [1.807, 2.05) is 18.2 Å². The second-order valence-electron chi connectivity index (χ2n) is 3.19. The van der Waals surface area contributed by atoms with Gasteiger partial charge in [-0.15, -0.1) is 0 Å². The lowest BCUT2D eigenvalue weighted by Crippen LogP contribution is -2.03. The molecule has 0 bridgehead atoms. The average molecular weight is 226 g/mol. The highest BCUT2D eigenvalue weighted by Gasteiger charge is 1.98. The molecule has 1 rings (SSSR count). The Morgan fingerprint density at radius 3 is 2.87 bits per heavy atom. The highest BCUT2D eigenvalue weighted by Crippen LogP contribution is 2.13. The minimum absolute atomic E-state index is 0.363. The molecule has 0 aliphatic carbocycles. The van der Waals surface area contributed by atoms with Gasteiger partial charge in [0.1, 0.15) is 0 Å². The minimum Gasteiger partial charge on any atom is -0.478 e. The van der Waals surface area contributed by atoms with E-state index in [1.165, 1.54) is 0 Å². The number of benzene rings is 1. The van der Waals surface area contributed by atoms with E-state index < -0.39 is 5.97 Å². The summed E-state index contributed by atoms with van der Waals surface area (Å²) < 4.78 is 0. The third-order valence-electron chi connectivity index (χ3n) is 1.90. The van der Waals surface area contributed by atoms with Crippen molar-refractivity contribution in [2.75, 3.05) is 0 Å². The van der Waals surface area contributed by atoms with Gasteiger partial charge in [-0.05, 0) is 30.5 Å². The zero-order valence-corrected chi connectivity index (χ0v) is 8.87. The van der Waals surface area contributed by atoms with Gasteiger partial charge >= 0.3 is 5.97 Å². The largest absolute Gasteiger partial charge is 0.478 e. The van der Waals surface area contributed by atoms with E-state index >= 15 is 0 Å². The van der Waals surface area contributed by atoms with Crippen molar-refractivity contribution in [3.8, 4) is 0 Å². The van der Waals surface area contributed by atoms with E-state index in [4.69, 9.17) is 22.4 Å². The van der Waals surface area contributed by atoms with Crippen LogP contribution in [-0.4, -0.2) is 11.1 Å². The average Bonchev–Trinajstić information content (AvgIpc) is 2.14. The molecule has 0 atom stereocenters. The number of hydrogen-bond acceptors (Lipinski definition) is 2. The molecule has 0 aliphatic heterocycles. The molecule has 0 saturated carbocycles. The van der Waals surface area contributed by atoms with Crippen molar-refractivity contribution >= 4 is 17.6 Å². The van der Waals surface area contributed by atoms with Crippen LogP contribution in [0.4, 0.5) is 0 Å². The van der Waals surface area contributed by atoms with Crippen LogP contribution in [0.3, 0.4) is 0 Å². The molecule has 3 N–H and O–H groups in total. The molecular weight excluding hydrogens is 214 g/mol. The third-order valence-corrected chi connectivity index (χ3v) is 2.14. The fraction of sp³-hybridized carbons (Fsp3) is 0.182. The van der Waals surface area contributed by atoms with Crippen LogP contribution in [0.5, 0.6) is 0 Å². The Kier molecular flexibility index (Phi) is 4.18. The van der Waals surface area contributed by atoms with Crippen molar-refractivity contribution in [3.05, 3.63) is 46.6 Å². The van der Waals surface area contributed by atoms with E-state index in [9.17, 15) is 4.79 Å². The smallest absolute Gasteiger partial charge is 0.330 e. The Morgan fingerprint density at radius 2 is 2.27 bits per heavy atom. The van der Waals surface area contributed by atoms with Crippen LogP contribution in [0.2, 0.25) is 5.02 Å². The lowest BCUT2D eigenvalue weighted by Gasteiger charge is -2.01. The molecule has 0 unspecified atom stereocenters. The van der Waals surface area contributed by atoms with Crippen molar-refractivity contribution in [1.82, 2.24) is 0 Å². The molecule has 3 nitrogen and oxygen atoms in total. The molecule has 0 radical (unpaired) electrons. The Hall–Kier alpha value is -1.48. The Balaban J connectivity index is 2.54. The van der Waals surface area contributed by atoms with Crippen LogP contribution in [0.25, 0.3) is 0 Å². The molecule has 15 heavy (non-hydrogen) atoms. The molecule has 4 heteroatoms. The van der Waals surface area contributed by atoms with Gasteiger partial charge < -0.3 is 10.8 Å². The molecule has 0 amide bonds. The summed E-state index contributed by atoms with van der Waals surface area (Å²) in [6.45, 7) is 0. The Morgan fingerprint density at radius 1 is 1.53 bits per heavy atom. The van der Waals surface area contributed by atoms with Gasteiger partial charge in [-0.25, -0.2) is 4.79 Å². The first-order valence-electron chi connectivity index (χ1n) is 4.51. The van der Waals surface area contributed by atoms with Crippen molar-refractivity contribution in [3.63, 3.8) is 0 Å². The van der Waals surface area contributed by atoms with Gasteiger partial charge in [-0.3, -0.25) is 0 Å². The number of carboxylic acid groups (broad SMARTS) is 1. The second-order valence-corrected chi connectivity index (χ2v) is 3.62. The van der Waals surface area contributed by atoms with Gasteiger partial charge in [0, 0.05) is 16.8 Å². The molecular formula is C11H12ClNO2. The molecule has 0 fully saturated rings. The van der Waals surface area contributed by atoms with Gasteiger partial charge in [0.2, 0.25) is 0 Å². The Bertz CT molecular complexity index is 388. The summed E-state index contributed by atoms with van der Waals surface area (Å²) in [4.78, 5) is 10.3. The minimum atomic E-state index is -1.02. The first kappa shape index (κ1) is 11.6. The monoisotopic (exact) mass is 225 g/mol. The van der Waals surface area contributed by atoms with Crippen LogP contribution in [0.1, 0.15) is 12.0 Å². The van der Waals surface area contributed by atoms with Gasteiger partial charge in [0.25, 0.3) is 0 Å². The maximum atomic E-state index is 10.3. The molecule has 1 aromatic carbocycles. The second kappa shape index (κ2) is 5.41. The highest BCUT2D eigenvalue weighted by atomic mass is 35.5. The van der Waals surface area contributed by atoms with E-state index in [0.29, 0.717) is 23.6 Å². The van der Waals surface area contributed by atoms with Crippen molar-refractivity contribution in [2.24, 2.45) is 5.73 Å². The molecule has 80 valence electrons. The predicted octanol–water partition coefficient (Wildman–Crippen LogP) is 2.20. The number of aryl methyl sites for hydroxylation is 1. The van der Waals surface area contributed by atoms with Crippen molar-refractivity contribution in [1.29, 1.82) is 0 Å². The number of nitrogens with two attached hydrogens (primary N) is 1. The van der Waals surface area contributed by atoms with Gasteiger partial charge in [-0.2, -0.15) is 0 Å². The number of halogens is 1. The van der Waals surface area contributed by atoms with Gasteiger partial charge in [-0.1, -0.05) is 23.7 Å². The van der Waals surface area contributed by atoms with Crippen LogP contribution in [-0.2, 0) is 11.2 Å². The topological polar surface area (TPSA) is 63.3 Å². The van der Waals surface area contributed by atoms with Crippen LogP contribution >= 0.6 is 11.6 Å². The third kappa shape index (κ3) is 4.51. The molecule has 1 aromatic rings. The fourth-order valence-electron chi connectivity index (χ4n) is 1.21. The summed E-state index contributed by atoms with van der Waals surface area (Å²) >= 11 is 5.80. The fourth-order valence-corrected chi connectivity index (χ4v) is 1.42. The van der Waals surface area contributed by atoms with Crippen LogP contribution in [0, 0.1) is 0 Å². The summed E-state index contributed by atoms with van der Waals surface area (Å²) in [5.41, 5.74) is 6.92. The standard InChI is InChI=1S/C11H12ClNO2/c12-9-3-1-2-8(6-9)4-5-10(13)7-11(14)15/h1-3,6-7H,4-5,13H2,(H,14,15). The highest BCUT2D eigenvalue weighted by molar-refractivity contribution is 6.30. The van der Waals surface area contributed by atoms with Crippen molar-refractivity contribution < 1.29 is 9.90 Å². The summed E-state index contributed by atoms with van der Waals surface area (Å²) in [6.07, 6.45) is 2.23. The number of rotatable bonds is 4. The van der Waals surface area contributed by atoms with E-state index in [-0.39, 0.29) is 0 Å². The SMILES string of the molecule is NC(=CC(=O)O)CCc1cccc(Cl)c1. The summed E-state index contributed by atoms with van der Waals surface area (Å²) in [5.74, 6) is -1.02. The first-order chi connectivity index (χ1) is 7.08. The van der Waals surface area contributed by atoms with E-state index in [1.54, 1.807) is 6.07 Å². The first-order valence-corrected chi connectivity index (χ1v) is 4.89. The van der Waals surface area contributed by atoms with E-state index in [0.717, 1.165) is 11.6 Å². The van der Waals surface area contributed by atoms with E-state index in [2.05, 4.69) is 0 Å². The number of aliphatic carboxylic acids is 1. The molecule has 0 spiro atoms. The normalized spacial score (nSPS) is 11.4. The Labute approximate surface area is 93.2 Å². The summed E-state index contributed by atoms with van der Waals surface area (Å²) in [5, 5.41) is 9.12. The number of carboxylic acids is 1. The predicted molar refractivity (Wildman–Crippen MR) is 59.7 cm³/mol. The molecule has 0 aromatic heterocycles. The van der Waals surface area contributed by atoms with Gasteiger partial charge in [0.15, 0.2) is 0 Å². The maximum absolute atomic E-state index is 10.3. The molecule has 0 saturated heterocycles. The molecule has 0 heterocycles. The summed E-state index contributed by atoms with van der Waals surface area (Å²) in [6, 6.07) is 7.42. The molecule has 0 aliphatic rings. The zero-order chi connectivity index (χ0) is 11.3. The lowest BCUT2D eigenvalue weighted by molar-refractivity contribution is -0.131. The van der Waals surface area contributed by atoms with Crippen molar-refractivity contribution in [2.45, 2.75) is 12.8 Å². The maximum Gasteiger partial charge on any atom is 0.330 e. The summed E-state index contributed by atoms with van der Waals surface area (Å²) in [7, 11) is 0. The number of allylic oxidation sites excluding steroid dienone is 1. The van der Waals surface area contributed by atoms with Gasteiger partial charge in [0.05, 0.1) is 0 Å². The quantitative estimate of drug-likeness (QED) is 0.773.